The third-order valence-electron chi connectivity index (χ3n) is 4.87. The summed E-state index contributed by atoms with van der Waals surface area (Å²) < 4.78 is 28.3. The summed E-state index contributed by atoms with van der Waals surface area (Å²) in [5, 5.41) is 3.75. The van der Waals surface area contributed by atoms with E-state index in [1.807, 2.05) is 60.7 Å². The van der Waals surface area contributed by atoms with Gasteiger partial charge in [0.2, 0.25) is 0 Å². The Kier molecular flexibility index (Phi) is 5.04. The van der Waals surface area contributed by atoms with E-state index < -0.39 is 0 Å². The van der Waals surface area contributed by atoms with Crippen LogP contribution in [-0.2, 0) is 0 Å². The quantitative estimate of drug-likeness (QED) is 0.415. The van der Waals surface area contributed by atoms with Crippen molar-refractivity contribution >= 4 is 21.5 Å². The van der Waals surface area contributed by atoms with Crippen LogP contribution in [-0.4, -0.2) is 28.4 Å². The standard InChI is InChI=1S/C24H22O5/c1-25-19-9-5-7-15-11-17(13-21(27-3)23(15)19)29-18-12-16-8-6-10-20(26-2)24(16)22(14-18)28-4/h5-14H,1-4H3. The van der Waals surface area contributed by atoms with Gasteiger partial charge < -0.3 is 23.7 Å². The summed E-state index contributed by atoms with van der Waals surface area (Å²) in [4.78, 5) is 0. The second kappa shape index (κ2) is 7.80. The first-order valence-corrected chi connectivity index (χ1v) is 9.16. The molecule has 0 aliphatic heterocycles. The van der Waals surface area contributed by atoms with Gasteiger partial charge in [-0.05, 0) is 35.0 Å². The maximum absolute atomic E-state index is 6.18. The zero-order valence-electron chi connectivity index (χ0n) is 16.8. The largest absolute Gasteiger partial charge is 0.496 e. The Morgan fingerprint density at radius 3 is 1.28 bits per heavy atom. The van der Waals surface area contributed by atoms with E-state index >= 15 is 0 Å². The van der Waals surface area contributed by atoms with E-state index in [4.69, 9.17) is 23.7 Å². The molecule has 4 aromatic rings. The van der Waals surface area contributed by atoms with Gasteiger partial charge in [-0.3, -0.25) is 0 Å². The van der Waals surface area contributed by atoms with E-state index in [9.17, 15) is 0 Å². The Morgan fingerprint density at radius 1 is 0.483 bits per heavy atom. The van der Waals surface area contributed by atoms with Crippen molar-refractivity contribution in [2.75, 3.05) is 28.4 Å². The van der Waals surface area contributed by atoms with Crippen LogP contribution in [0.4, 0.5) is 0 Å². The van der Waals surface area contributed by atoms with Crippen molar-refractivity contribution in [1.82, 2.24) is 0 Å². The van der Waals surface area contributed by atoms with Crippen LogP contribution in [0.3, 0.4) is 0 Å². The number of ether oxygens (including phenoxy) is 5. The van der Waals surface area contributed by atoms with Crippen LogP contribution in [0.5, 0.6) is 34.5 Å². The Morgan fingerprint density at radius 2 is 0.897 bits per heavy atom. The minimum atomic E-state index is 0.659. The molecular weight excluding hydrogens is 368 g/mol. The highest BCUT2D eigenvalue weighted by Crippen LogP contribution is 2.41. The number of hydrogen-bond donors (Lipinski definition) is 0. The highest BCUT2D eigenvalue weighted by Gasteiger charge is 2.14. The Labute approximate surface area is 169 Å². The highest BCUT2D eigenvalue weighted by atomic mass is 16.5. The van der Waals surface area contributed by atoms with Crippen molar-refractivity contribution in [3.8, 4) is 34.5 Å². The zero-order chi connectivity index (χ0) is 20.4. The van der Waals surface area contributed by atoms with Crippen molar-refractivity contribution < 1.29 is 23.7 Å². The van der Waals surface area contributed by atoms with Crippen LogP contribution < -0.4 is 23.7 Å². The predicted octanol–water partition coefficient (Wildman–Crippen LogP) is 5.82. The van der Waals surface area contributed by atoms with E-state index in [2.05, 4.69) is 0 Å². The molecule has 0 fully saturated rings. The molecule has 4 aromatic carbocycles. The van der Waals surface area contributed by atoms with E-state index in [0.29, 0.717) is 23.0 Å². The molecule has 0 aromatic heterocycles. The van der Waals surface area contributed by atoms with Gasteiger partial charge in [0.15, 0.2) is 0 Å². The molecule has 0 saturated heterocycles. The average Bonchev–Trinajstić information content (AvgIpc) is 2.76. The molecule has 148 valence electrons. The van der Waals surface area contributed by atoms with Crippen LogP contribution in [0.25, 0.3) is 21.5 Å². The van der Waals surface area contributed by atoms with E-state index in [0.717, 1.165) is 33.0 Å². The molecule has 0 bridgehead atoms. The van der Waals surface area contributed by atoms with Crippen LogP contribution in [0.2, 0.25) is 0 Å². The van der Waals surface area contributed by atoms with Gasteiger partial charge in [-0.2, -0.15) is 0 Å². The summed E-state index contributed by atoms with van der Waals surface area (Å²) >= 11 is 0. The monoisotopic (exact) mass is 390 g/mol. The summed E-state index contributed by atoms with van der Waals surface area (Å²) in [6.45, 7) is 0. The van der Waals surface area contributed by atoms with Gasteiger partial charge in [0, 0.05) is 12.1 Å². The Hall–Kier alpha value is -3.60. The molecule has 0 spiro atoms. The number of hydrogen-bond acceptors (Lipinski definition) is 5. The third kappa shape index (κ3) is 3.36. The lowest BCUT2D eigenvalue weighted by Crippen LogP contribution is -1.94. The highest BCUT2D eigenvalue weighted by molar-refractivity contribution is 5.96. The molecule has 0 heterocycles. The summed E-state index contributed by atoms with van der Waals surface area (Å²) in [6.07, 6.45) is 0. The first-order chi connectivity index (χ1) is 14.2. The van der Waals surface area contributed by atoms with E-state index in [1.54, 1.807) is 28.4 Å². The summed E-state index contributed by atoms with van der Waals surface area (Å²) in [6, 6.07) is 19.3. The summed E-state index contributed by atoms with van der Waals surface area (Å²) in [5.74, 6) is 4.20. The molecule has 0 aliphatic carbocycles. The van der Waals surface area contributed by atoms with Gasteiger partial charge >= 0.3 is 0 Å². The molecule has 0 unspecified atom stereocenters. The van der Waals surface area contributed by atoms with Crippen LogP contribution in [0.1, 0.15) is 0 Å². The van der Waals surface area contributed by atoms with Crippen LogP contribution >= 0.6 is 0 Å². The van der Waals surface area contributed by atoms with Crippen molar-refractivity contribution in [3.05, 3.63) is 60.7 Å². The molecule has 0 radical (unpaired) electrons. The van der Waals surface area contributed by atoms with Crippen molar-refractivity contribution in [1.29, 1.82) is 0 Å². The number of methoxy groups -OCH3 is 4. The minimum absolute atomic E-state index is 0.659. The first kappa shape index (κ1) is 18.7. The van der Waals surface area contributed by atoms with Gasteiger partial charge in [0.25, 0.3) is 0 Å². The molecular formula is C24H22O5. The molecule has 4 rings (SSSR count). The normalized spacial score (nSPS) is 10.8. The fraction of sp³-hybridized carbons (Fsp3) is 0.167. The first-order valence-electron chi connectivity index (χ1n) is 9.16. The maximum atomic E-state index is 6.18. The van der Waals surface area contributed by atoms with Gasteiger partial charge in [-0.1, -0.05) is 24.3 Å². The lowest BCUT2D eigenvalue weighted by molar-refractivity contribution is 0.399. The second-order valence-corrected chi connectivity index (χ2v) is 6.47. The fourth-order valence-corrected chi connectivity index (χ4v) is 3.57. The predicted molar refractivity (Wildman–Crippen MR) is 114 cm³/mol. The van der Waals surface area contributed by atoms with Crippen molar-refractivity contribution in [2.24, 2.45) is 0 Å². The van der Waals surface area contributed by atoms with Gasteiger partial charge in [-0.15, -0.1) is 0 Å². The molecule has 5 heteroatoms. The number of rotatable bonds is 6. The third-order valence-corrected chi connectivity index (χ3v) is 4.87. The van der Waals surface area contributed by atoms with Crippen LogP contribution in [0.15, 0.2) is 60.7 Å². The maximum Gasteiger partial charge on any atom is 0.134 e. The van der Waals surface area contributed by atoms with Crippen molar-refractivity contribution in [3.63, 3.8) is 0 Å². The molecule has 0 saturated carbocycles. The summed E-state index contributed by atoms with van der Waals surface area (Å²) in [7, 11) is 6.56. The van der Waals surface area contributed by atoms with E-state index in [-0.39, 0.29) is 0 Å². The summed E-state index contributed by atoms with van der Waals surface area (Å²) in [5.41, 5.74) is 0. The molecule has 0 aliphatic rings. The zero-order valence-corrected chi connectivity index (χ0v) is 16.8. The topological polar surface area (TPSA) is 46.2 Å². The Bertz CT molecular complexity index is 1090. The smallest absolute Gasteiger partial charge is 0.134 e. The Balaban J connectivity index is 1.82. The molecule has 0 atom stereocenters. The molecule has 5 nitrogen and oxygen atoms in total. The SMILES string of the molecule is COc1cccc2cc(Oc3cc(OC)c4c(OC)cccc4c3)cc(OC)c12. The van der Waals surface area contributed by atoms with Gasteiger partial charge in [0.05, 0.1) is 39.2 Å². The molecule has 29 heavy (non-hydrogen) atoms. The minimum Gasteiger partial charge on any atom is -0.496 e. The van der Waals surface area contributed by atoms with Crippen LogP contribution in [0, 0.1) is 0 Å². The number of benzene rings is 4. The van der Waals surface area contributed by atoms with Gasteiger partial charge in [-0.25, -0.2) is 0 Å². The fourth-order valence-electron chi connectivity index (χ4n) is 3.57. The lowest BCUT2D eigenvalue weighted by atomic mass is 10.1. The molecule has 0 amide bonds. The lowest BCUT2D eigenvalue weighted by Gasteiger charge is -2.15. The number of fused-ring (bicyclic) bond motifs is 2. The average molecular weight is 390 g/mol. The molecule has 0 N–H and O–H groups in total. The van der Waals surface area contributed by atoms with Crippen molar-refractivity contribution in [2.45, 2.75) is 0 Å². The second-order valence-electron chi connectivity index (χ2n) is 6.47. The van der Waals surface area contributed by atoms with E-state index in [1.165, 1.54) is 0 Å². The van der Waals surface area contributed by atoms with Gasteiger partial charge in [0.1, 0.15) is 34.5 Å².